The molecule has 0 aliphatic rings. The standard InChI is InChI=1S/C17H26O2/c1-6-14(12-13(2)3)16(18)19-17(4,5)15-10-8-7-9-11-15/h7-11,13-14H,6,12H2,1-5H3. The molecule has 0 fully saturated rings. The largest absolute Gasteiger partial charge is 0.455 e. The highest BCUT2D eigenvalue weighted by Crippen LogP contribution is 2.27. The van der Waals surface area contributed by atoms with Crippen LogP contribution in [0, 0.1) is 11.8 Å². The van der Waals surface area contributed by atoms with Crippen LogP contribution >= 0.6 is 0 Å². The zero-order valence-electron chi connectivity index (χ0n) is 12.8. The lowest BCUT2D eigenvalue weighted by Gasteiger charge is -2.28. The molecule has 19 heavy (non-hydrogen) atoms. The van der Waals surface area contributed by atoms with Gasteiger partial charge >= 0.3 is 5.97 Å². The maximum absolute atomic E-state index is 12.3. The lowest BCUT2D eigenvalue weighted by Crippen LogP contribution is -2.30. The number of carbonyl (C=O) groups excluding carboxylic acids is 1. The summed E-state index contributed by atoms with van der Waals surface area (Å²) >= 11 is 0. The van der Waals surface area contributed by atoms with Crippen molar-refractivity contribution in [3.05, 3.63) is 35.9 Å². The van der Waals surface area contributed by atoms with Gasteiger partial charge in [0.1, 0.15) is 5.60 Å². The highest BCUT2D eigenvalue weighted by Gasteiger charge is 2.29. The first-order valence-corrected chi connectivity index (χ1v) is 7.15. The molecule has 0 heterocycles. The monoisotopic (exact) mass is 262 g/mol. The molecule has 0 N–H and O–H groups in total. The van der Waals surface area contributed by atoms with E-state index in [0.29, 0.717) is 5.92 Å². The van der Waals surface area contributed by atoms with Crippen molar-refractivity contribution < 1.29 is 9.53 Å². The molecule has 1 atom stereocenters. The summed E-state index contributed by atoms with van der Waals surface area (Å²) in [6.07, 6.45) is 1.72. The van der Waals surface area contributed by atoms with Crippen LogP contribution in [0.5, 0.6) is 0 Å². The van der Waals surface area contributed by atoms with Gasteiger partial charge in [0.2, 0.25) is 0 Å². The third-order valence-electron chi connectivity index (χ3n) is 3.41. The molecule has 2 nitrogen and oxygen atoms in total. The Labute approximate surface area is 117 Å². The summed E-state index contributed by atoms with van der Waals surface area (Å²) in [7, 11) is 0. The Balaban J connectivity index is 2.74. The van der Waals surface area contributed by atoms with Gasteiger partial charge in [0.15, 0.2) is 0 Å². The fourth-order valence-electron chi connectivity index (χ4n) is 2.23. The molecule has 1 rings (SSSR count). The molecule has 106 valence electrons. The Morgan fingerprint density at radius 1 is 1.21 bits per heavy atom. The van der Waals surface area contributed by atoms with Gasteiger partial charge in [-0.1, -0.05) is 51.1 Å². The molecule has 0 amide bonds. The van der Waals surface area contributed by atoms with Crippen LogP contribution in [0.4, 0.5) is 0 Å². The van der Waals surface area contributed by atoms with Gasteiger partial charge in [-0.25, -0.2) is 0 Å². The van der Waals surface area contributed by atoms with Gasteiger partial charge in [-0.15, -0.1) is 0 Å². The predicted molar refractivity (Wildman–Crippen MR) is 78.8 cm³/mol. The highest BCUT2D eigenvalue weighted by atomic mass is 16.6. The second-order valence-electron chi connectivity index (χ2n) is 6.03. The van der Waals surface area contributed by atoms with Crippen molar-refractivity contribution in [3.63, 3.8) is 0 Å². The summed E-state index contributed by atoms with van der Waals surface area (Å²) in [5, 5.41) is 0. The summed E-state index contributed by atoms with van der Waals surface area (Å²) in [4.78, 5) is 12.3. The van der Waals surface area contributed by atoms with Crippen LogP contribution in [0.15, 0.2) is 30.3 Å². The quantitative estimate of drug-likeness (QED) is 0.704. The van der Waals surface area contributed by atoms with Crippen molar-refractivity contribution in [2.24, 2.45) is 11.8 Å². The minimum Gasteiger partial charge on any atom is -0.455 e. The van der Waals surface area contributed by atoms with Crippen LogP contribution in [0.25, 0.3) is 0 Å². The van der Waals surface area contributed by atoms with Gasteiger partial charge in [-0.2, -0.15) is 0 Å². The van der Waals surface area contributed by atoms with Crippen LogP contribution in [-0.2, 0) is 15.1 Å². The summed E-state index contributed by atoms with van der Waals surface area (Å²) in [5.41, 5.74) is 0.464. The van der Waals surface area contributed by atoms with Gasteiger partial charge < -0.3 is 4.74 Å². The molecule has 1 aromatic carbocycles. The number of hydrogen-bond acceptors (Lipinski definition) is 2. The average molecular weight is 262 g/mol. The Hall–Kier alpha value is -1.31. The van der Waals surface area contributed by atoms with E-state index in [1.165, 1.54) is 0 Å². The number of rotatable bonds is 6. The first kappa shape index (κ1) is 15.7. The van der Waals surface area contributed by atoms with Crippen molar-refractivity contribution in [1.82, 2.24) is 0 Å². The zero-order valence-corrected chi connectivity index (χ0v) is 12.8. The Morgan fingerprint density at radius 3 is 2.26 bits per heavy atom. The summed E-state index contributed by atoms with van der Waals surface area (Å²) in [5.74, 6) is 0.436. The molecule has 0 aromatic heterocycles. The normalized spacial score (nSPS) is 13.4. The molecule has 1 unspecified atom stereocenters. The molecule has 0 aliphatic carbocycles. The molecular formula is C17H26O2. The fourth-order valence-corrected chi connectivity index (χ4v) is 2.23. The van der Waals surface area contributed by atoms with Crippen LogP contribution in [0.3, 0.4) is 0 Å². The van der Waals surface area contributed by atoms with E-state index in [1.807, 2.05) is 51.1 Å². The molecule has 0 spiro atoms. The third-order valence-corrected chi connectivity index (χ3v) is 3.41. The van der Waals surface area contributed by atoms with Crippen molar-refractivity contribution in [2.75, 3.05) is 0 Å². The number of ether oxygens (including phenoxy) is 1. The number of esters is 1. The number of benzene rings is 1. The highest BCUT2D eigenvalue weighted by molar-refractivity contribution is 5.73. The Bertz CT molecular complexity index is 393. The van der Waals surface area contributed by atoms with Crippen molar-refractivity contribution in [3.8, 4) is 0 Å². The molecule has 0 saturated heterocycles. The Morgan fingerprint density at radius 2 is 1.79 bits per heavy atom. The zero-order chi connectivity index (χ0) is 14.5. The number of hydrogen-bond donors (Lipinski definition) is 0. The summed E-state index contributed by atoms with van der Waals surface area (Å²) in [6.45, 7) is 10.2. The minimum absolute atomic E-state index is 0.00277. The van der Waals surface area contributed by atoms with Gasteiger partial charge in [0.25, 0.3) is 0 Å². The van der Waals surface area contributed by atoms with Crippen LogP contribution in [0.2, 0.25) is 0 Å². The average Bonchev–Trinajstić information content (AvgIpc) is 2.36. The molecule has 2 heteroatoms. The topological polar surface area (TPSA) is 26.3 Å². The smallest absolute Gasteiger partial charge is 0.309 e. The molecule has 0 radical (unpaired) electrons. The van der Waals surface area contributed by atoms with Crippen molar-refractivity contribution in [1.29, 1.82) is 0 Å². The van der Waals surface area contributed by atoms with Gasteiger partial charge in [-0.05, 0) is 38.2 Å². The second kappa shape index (κ2) is 6.74. The fraction of sp³-hybridized carbons (Fsp3) is 0.588. The number of carbonyl (C=O) groups is 1. The van der Waals surface area contributed by atoms with E-state index in [4.69, 9.17) is 4.74 Å². The van der Waals surface area contributed by atoms with E-state index in [2.05, 4.69) is 13.8 Å². The van der Waals surface area contributed by atoms with Gasteiger partial charge in [0, 0.05) is 0 Å². The van der Waals surface area contributed by atoms with E-state index in [1.54, 1.807) is 0 Å². The lowest BCUT2D eigenvalue weighted by atomic mass is 9.93. The van der Waals surface area contributed by atoms with Crippen molar-refractivity contribution >= 4 is 5.97 Å². The summed E-state index contributed by atoms with van der Waals surface area (Å²) in [6, 6.07) is 9.90. The SMILES string of the molecule is CCC(CC(C)C)C(=O)OC(C)(C)c1ccccc1. The van der Waals surface area contributed by atoms with Crippen LogP contribution in [0.1, 0.15) is 53.0 Å². The first-order chi connectivity index (χ1) is 8.86. The van der Waals surface area contributed by atoms with E-state index < -0.39 is 5.60 Å². The van der Waals surface area contributed by atoms with E-state index in [9.17, 15) is 4.79 Å². The molecule has 1 aromatic rings. The predicted octanol–water partition coefficient (Wildman–Crippen LogP) is 4.54. The maximum Gasteiger partial charge on any atom is 0.309 e. The van der Waals surface area contributed by atoms with E-state index >= 15 is 0 Å². The molecule has 0 saturated carbocycles. The van der Waals surface area contributed by atoms with Gasteiger partial charge in [0.05, 0.1) is 5.92 Å². The lowest BCUT2D eigenvalue weighted by molar-refractivity contribution is -0.163. The summed E-state index contributed by atoms with van der Waals surface area (Å²) < 4.78 is 5.74. The third kappa shape index (κ3) is 4.70. The van der Waals surface area contributed by atoms with E-state index in [-0.39, 0.29) is 11.9 Å². The van der Waals surface area contributed by atoms with Crippen molar-refractivity contribution in [2.45, 2.75) is 53.1 Å². The first-order valence-electron chi connectivity index (χ1n) is 7.15. The molecule has 0 bridgehead atoms. The maximum atomic E-state index is 12.3. The van der Waals surface area contributed by atoms with Crippen LogP contribution < -0.4 is 0 Å². The van der Waals surface area contributed by atoms with Gasteiger partial charge in [-0.3, -0.25) is 4.79 Å². The minimum atomic E-state index is -0.567. The Kier molecular flexibility index (Phi) is 5.59. The molecular weight excluding hydrogens is 236 g/mol. The molecule has 0 aliphatic heterocycles. The second-order valence-corrected chi connectivity index (χ2v) is 6.03. The van der Waals surface area contributed by atoms with E-state index in [0.717, 1.165) is 18.4 Å². The van der Waals surface area contributed by atoms with Crippen LogP contribution in [-0.4, -0.2) is 5.97 Å².